The Morgan fingerprint density at radius 3 is 2.00 bits per heavy atom. The van der Waals surface area contributed by atoms with Crippen molar-refractivity contribution in [1.29, 1.82) is 0 Å². The number of rotatable bonds is 10. The SMILES string of the molecule is O=C1OC(Cc2ccccc2)(Cc2ccccc2)C(O)=C1C(c1cccc(CS(=O)(=O)c2ncccn2)c1)C1CC1. The van der Waals surface area contributed by atoms with Crippen molar-refractivity contribution in [2.75, 3.05) is 0 Å². The van der Waals surface area contributed by atoms with E-state index in [-0.39, 0.29) is 28.2 Å². The summed E-state index contributed by atoms with van der Waals surface area (Å²) in [5.74, 6) is -1.10. The molecule has 2 aliphatic rings. The van der Waals surface area contributed by atoms with Gasteiger partial charge in [0, 0.05) is 31.2 Å². The average Bonchev–Trinajstić information content (AvgIpc) is 3.78. The van der Waals surface area contributed by atoms with Gasteiger partial charge in [-0.25, -0.2) is 23.2 Å². The highest BCUT2D eigenvalue weighted by molar-refractivity contribution is 7.90. The highest BCUT2D eigenvalue weighted by Crippen LogP contribution is 2.51. The number of hydrogen-bond acceptors (Lipinski definition) is 7. The molecule has 8 heteroatoms. The first-order chi connectivity index (χ1) is 19.8. The van der Waals surface area contributed by atoms with E-state index in [0.29, 0.717) is 18.4 Å². The fourth-order valence-corrected chi connectivity index (χ4v) is 6.95. The fraction of sp³-hybridized carbons (Fsp3) is 0.242. The van der Waals surface area contributed by atoms with E-state index in [2.05, 4.69) is 9.97 Å². The van der Waals surface area contributed by atoms with Gasteiger partial charge in [0.1, 0.15) is 5.76 Å². The van der Waals surface area contributed by atoms with Crippen LogP contribution in [0.5, 0.6) is 0 Å². The maximum Gasteiger partial charge on any atom is 0.339 e. The summed E-state index contributed by atoms with van der Waals surface area (Å²) in [6.07, 6.45) is 5.27. The topological polar surface area (TPSA) is 106 Å². The Kier molecular flexibility index (Phi) is 7.17. The summed E-state index contributed by atoms with van der Waals surface area (Å²) in [5, 5.41) is 11.7. The maximum absolute atomic E-state index is 13.7. The predicted octanol–water partition coefficient (Wildman–Crippen LogP) is 5.54. The van der Waals surface area contributed by atoms with Gasteiger partial charge in [0.05, 0.1) is 11.3 Å². The van der Waals surface area contributed by atoms with E-state index in [1.165, 1.54) is 12.4 Å². The zero-order valence-electron chi connectivity index (χ0n) is 22.4. The number of hydrogen-bond donors (Lipinski definition) is 1. The molecule has 1 aromatic heterocycles. The number of aliphatic hydroxyl groups is 1. The molecule has 6 rings (SSSR count). The molecule has 1 aliphatic carbocycles. The standard InChI is InChI=1S/C33H30N2O5S/c36-30-29(31(37)40-33(30,20-23-9-3-1-4-10-23)21-24-11-5-2-6-12-24)28(26-15-16-26)27-14-7-13-25(19-27)22-41(38,39)32-34-17-8-18-35-32/h1-14,17-19,26,28,36H,15-16,20-22H2. The van der Waals surface area contributed by atoms with Gasteiger partial charge in [-0.1, -0.05) is 84.9 Å². The Hall–Kier alpha value is -4.30. The summed E-state index contributed by atoms with van der Waals surface area (Å²) >= 11 is 0. The van der Waals surface area contributed by atoms with Gasteiger partial charge < -0.3 is 9.84 Å². The van der Waals surface area contributed by atoms with Crippen molar-refractivity contribution < 1.29 is 23.1 Å². The minimum Gasteiger partial charge on any atom is -0.507 e. The van der Waals surface area contributed by atoms with Crippen LogP contribution in [0, 0.1) is 5.92 Å². The molecule has 1 atom stereocenters. The van der Waals surface area contributed by atoms with Gasteiger partial charge in [-0.3, -0.25) is 0 Å². The van der Waals surface area contributed by atoms with Gasteiger partial charge in [0.15, 0.2) is 5.60 Å². The smallest absolute Gasteiger partial charge is 0.339 e. The number of benzene rings is 3. The molecule has 0 spiro atoms. The Morgan fingerprint density at radius 2 is 1.41 bits per heavy atom. The lowest BCUT2D eigenvalue weighted by Gasteiger charge is -2.29. The zero-order chi connectivity index (χ0) is 28.5. The molecule has 0 bridgehead atoms. The molecule has 0 saturated heterocycles. The molecule has 3 aromatic carbocycles. The van der Waals surface area contributed by atoms with Crippen LogP contribution in [0.3, 0.4) is 0 Å². The lowest BCUT2D eigenvalue weighted by atomic mass is 9.81. The Bertz CT molecular complexity index is 1640. The van der Waals surface area contributed by atoms with E-state index < -0.39 is 27.3 Å². The third-order valence-electron chi connectivity index (χ3n) is 7.75. The lowest BCUT2D eigenvalue weighted by molar-refractivity contribution is -0.148. The number of carbonyl (C=O) groups is 1. The van der Waals surface area contributed by atoms with Crippen LogP contribution in [0.2, 0.25) is 0 Å². The van der Waals surface area contributed by atoms with Crippen LogP contribution in [0.15, 0.2) is 120 Å². The highest BCUT2D eigenvalue weighted by Gasteiger charge is 2.52. The van der Waals surface area contributed by atoms with Crippen molar-refractivity contribution in [3.05, 3.63) is 137 Å². The number of sulfone groups is 1. The second kappa shape index (κ2) is 10.9. The van der Waals surface area contributed by atoms with E-state index in [9.17, 15) is 18.3 Å². The third-order valence-corrected chi connectivity index (χ3v) is 9.23. The molecule has 1 aliphatic heterocycles. The number of ether oxygens (including phenoxy) is 1. The third kappa shape index (κ3) is 5.65. The average molecular weight is 567 g/mol. The van der Waals surface area contributed by atoms with Crippen LogP contribution in [0.25, 0.3) is 0 Å². The molecule has 1 fully saturated rings. The minimum absolute atomic E-state index is 0.0391. The molecule has 4 aromatic rings. The summed E-state index contributed by atoms with van der Waals surface area (Å²) in [7, 11) is -3.76. The largest absolute Gasteiger partial charge is 0.507 e. The molecular weight excluding hydrogens is 536 g/mol. The molecule has 41 heavy (non-hydrogen) atoms. The number of cyclic esters (lactones) is 1. The van der Waals surface area contributed by atoms with E-state index in [1.807, 2.05) is 72.8 Å². The van der Waals surface area contributed by atoms with E-state index in [0.717, 1.165) is 29.5 Å². The summed E-state index contributed by atoms with van der Waals surface area (Å²) in [4.78, 5) is 21.5. The summed E-state index contributed by atoms with van der Waals surface area (Å²) in [6, 6.07) is 28.2. The molecular formula is C33H30N2O5S. The fourth-order valence-electron chi connectivity index (χ4n) is 5.76. The Labute approximate surface area is 239 Å². The van der Waals surface area contributed by atoms with Gasteiger partial charge >= 0.3 is 5.97 Å². The first-order valence-corrected chi connectivity index (χ1v) is 15.3. The molecule has 208 valence electrons. The molecule has 1 unspecified atom stereocenters. The minimum atomic E-state index is -3.76. The Balaban J connectivity index is 1.39. The summed E-state index contributed by atoms with van der Waals surface area (Å²) in [5.41, 5.74) is 2.26. The summed E-state index contributed by atoms with van der Waals surface area (Å²) in [6.45, 7) is 0. The lowest BCUT2D eigenvalue weighted by Crippen LogP contribution is -2.37. The molecule has 0 radical (unpaired) electrons. The van der Waals surface area contributed by atoms with Gasteiger partial charge in [-0.15, -0.1) is 0 Å². The van der Waals surface area contributed by atoms with Gasteiger partial charge in [-0.2, -0.15) is 0 Å². The molecule has 1 saturated carbocycles. The van der Waals surface area contributed by atoms with Crippen LogP contribution >= 0.6 is 0 Å². The van der Waals surface area contributed by atoms with Crippen molar-refractivity contribution in [3.63, 3.8) is 0 Å². The number of aliphatic hydroxyl groups excluding tert-OH is 1. The monoisotopic (exact) mass is 566 g/mol. The van der Waals surface area contributed by atoms with Gasteiger partial charge in [0.25, 0.3) is 0 Å². The molecule has 2 heterocycles. The van der Waals surface area contributed by atoms with Crippen molar-refractivity contribution in [1.82, 2.24) is 9.97 Å². The van der Waals surface area contributed by atoms with Crippen molar-refractivity contribution >= 4 is 15.8 Å². The van der Waals surface area contributed by atoms with E-state index >= 15 is 0 Å². The summed E-state index contributed by atoms with van der Waals surface area (Å²) < 4.78 is 32.1. The normalized spacial score (nSPS) is 17.3. The first kappa shape index (κ1) is 26.9. The Morgan fingerprint density at radius 1 is 0.829 bits per heavy atom. The van der Waals surface area contributed by atoms with Gasteiger partial charge in [-0.05, 0) is 47.1 Å². The van der Waals surface area contributed by atoms with Gasteiger partial charge in [0.2, 0.25) is 15.0 Å². The van der Waals surface area contributed by atoms with Crippen molar-refractivity contribution in [3.8, 4) is 0 Å². The number of carbonyl (C=O) groups excluding carboxylic acids is 1. The zero-order valence-corrected chi connectivity index (χ0v) is 23.2. The second-order valence-electron chi connectivity index (χ2n) is 10.8. The number of nitrogens with zero attached hydrogens (tertiary/aromatic N) is 2. The van der Waals surface area contributed by atoms with Crippen LogP contribution in [-0.2, 0) is 38.0 Å². The van der Waals surface area contributed by atoms with Crippen LogP contribution in [0.4, 0.5) is 0 Å². The quantitative estimate of drug-likeness (QED) is 0.199. The van der Waals surface area contributed by atoms with Crippen LogP contribution in [-0.4, -0.2) is 35.1 Å². The van der Waals surface area contributed by atoms with E-state index in [4.69, 9.17) is 4.74 Å². The first-order valence-electron chi connectivity index (χ1n) is 13.7. The molecule has 1 N–H and O–H groups in total. The molecule has 0 amide bonds. The van der Waals surface area contributed by atoms with E-state index in [1.54, 1.807) is 18.2 Å². The highest BCUT2D eigenvalue weighted by atomic mass is 32.2. The van der Waals surface area contributed by atoms with Crippen molar-refractivity contribution in [2.24, 2.45) is 5.92 Å². The van der Waals surface area contributed by atoms with Crippen LogP contribution in [0.1, 0.15) is 41.0 Å². The maximum atomic E-state index is 13.7. The predicted molar refractivity (Wildman–Crippen MR) is 154 cm³/mol. The van der Waals surface area contributed by atoms with Crippen LogP contribution < -0.4 is 0 Å². The second-order valence-corrected chi connectivity index (χ2v) is 12.7. The number of aromatic nitrogens is 2. The van der Waals surface area contributed by atoms with Crippen molar-refractivity contribution in [2.45, 2.75) is 48.1 Å². The molecule has 7 nitrogen and oxygen atoms in total. The number of esters is 1.